The lowest BCUT2D eigenvalue weighted by molar-refractivity contribution is 0.0761. The Morgan fingerprint density at radius 1 is 1.22 bits per heavy atom. The molecular weight excluding hydrogens is 248 g/mol. The third kappa shape index (κ3) is 3.68. The van der Waals surface area contributed by atoms with Gasteiger partial charge in [-0.2, -0.15) is 0 Å². The van der Waals surface area contributed by atoms with Crippen LogP contribution in [-0.4, -0.2) is 50.0 Å². The third-order valence-electron chi connectivity index (χ3n) is 4.35. The van der Waals surface area contributed by atoms with E-state index in [1.54, 1.807) is 0 Å². The number of likely N-dealkylation sites (N-methyl/N-ethyl adjacent to an activating group) is 1. The van der Waals surface area contributed by atoms with Crippen LogP contribution in [0.1, 0.15) is 46.0 Å². The minimum atomic E-state index is -2.91. The smallest absolute Gasteiger partial charge is 0.147 e. The second-order valence-corrected chi connectivity index (χ2v) is 7.77. The van der Waals surface area contributed by atoms with Gasteiger partial charge in [-0.3, -0.25) is 4.90 Å². The van der Waals surface area contributed by atoms with Crippen molar-refractivity contribution < 1.29 is 8.42 Å². The fourth-order valence-electron chi connectivity index (χ4n) is 3.37. The van der Waals surface area contributed by atoms with Crippen LogP contribution in [-0.2, 0) is 9.84 Å². The van der Waals surface area contributed by atoms with E-state index in [9.17, 15) is 8.42 Å². The number of rotatable bonds is 7. The van der Waals surface area contributed by atoms with Crippen molar-refractivity contribution in [1.29, 1.82) is 0 Å². The van der Waals surface area contributed by atoms with Crippen molar-refractivity contribution >= 4 is 9.84 Å². The van der Waals surface area contributed by atoms with E-state index in [4.69, 9.17) is 5.73 Å². The molecule has 2 N–H and O–H groups in total. The zero-order chi connectivity index (χ0) is 13.8. The average molecular weight is 276 g/mol. The lowest BCUT2D eigenvalue weighted by Gasteiger charge is -2.45. The molecule has 108 valence electrons. The van der Waals surface area contributed by atoms with Gasteiger partial charge in [0.05, 0.1) is 5.75 Å². The van der Waals surface area contributed by atoms with Crippen molar-refractivity contribution in [3.63, 3.8) is 0 Å². The standard InChI is InChI=1S/C13H28N2O2S/c1-4-15(5-2)13(9-6-7-10-13)12(14)8-11-18(3,16)17/h12H,4-11,14H2,1-3H3. The first-order chi connectivity index (χ1) is 8.35. The van der Waals surface area contributed by atoms with E-state index in [1.165, 1.54) is 19.1 Å². The Labute approximate surface area is 112 Å². The molecule has 18 heavy (non-hydrogen) atoms. The third-order valence-corrected chi connectivity index (χ3v) is 5.33. The number of hydrogen-bond donors (Lipinski definition) is 1. The Kier molecular flexibility index (Phi) is 5.62. The molecule has 4 nitrogen and oxygen atoms in total. The number of sulfone groups is 1. The molecule has 1 atom stereocenters. The van der Waals surface area contributed by atoms with Gasteiger partial charge in [-0.15, -0.1) is 0 Å². The van der Waals surface area contributed by atoms with Crippen molar-refractivity contribution in [1.82, 2.24) is 4.90 Å². The molecule has 0 aromatic carbocycles. The maximum Gasteiger partial charge on any atom is 0.147 e. The van der Waals surface area contributed by atoms with E-state index in [0.29, 0.717) is 6.42 Å². The number of hydrogen-bond acceptors (Lipinski definition) is 4. The van der Waals surface area contributed by atoms with Crippen LogP contribution in [0.15, 0.2) is 0 Å². The zero-order valence-corrected chi connectivity index (χ0v) is 12.8. The minimum absolute atomic E-state index is 0.0328. The monoisotopic (exact) mass is 276 g/mol. The molecule has 1 aliphatic carbocycles. The van der Waals surface area contributed by atoms with Crippen LogP contribution in [0.3, 0.4) is 0 Å². The van der Waals surface area contributed by atoms with Gasteiger partial charge in [-0.05, 0) is 32.4 Å². The van der Waals surface area contributed by atoms with Crippen molar-refractivity contribution in [2.24, 2.45) is 5.73 Å². The second-order valence-electron chi connectivity index (χ2n) is 5.51. The zero-order valence-electron chi connectivity index (χ0n) is 12.0. The average Bonchev–Trinajstić information content (AvgIpc) is 2.77. The van der Waals surface area contributed by atoms with Crippen LogP contribution in [0.2, 0.25) is 0 Å². The van der Waals surface area contributed by atoms with E-state index in [0.717, 1.165) is 25.9 Å². The Morgan fingerprint density at radius 2 is 1.72 bits per heavy atom. The number of nitrogens with zero attached hydrogens (tertiary/aromatic N) is 1. The molecule has 0 aromatic heterocycles. The molecule has 1 rings (SSSR count). The van der Waals surface area contributed by atoms with Gasteiger partial charge in [-0.25, -0.2) is 8.42 Å². The molecular formula is C13H28N2O2S. The van der Waals surface area contributed by atoms with Gasteiger partial charge < -0.3 is 5.73 Å². The molecule has 0 heterocycles. The summed E-state index contributed by atoms with van der Waals surface area (Å²) in [4.78, 5) is 2.44. The Hall–Kier alpha value is -0.130. The van der Waals surface area contributed by atoms with Gasteiger partial charge in [-0.1, -0.05) is 26.7 Å². The van der Waals surface area contributed by atoms with Gasteiger partial charge in [0, 0.05) is 17.8 Å². The Morgan fingerprint density at radius 3 is 2.11 bits per heavy atom. The summed E-state index contributed by atoms with van der Waals surface area (Å²) in [6.07, 6.45) is 6.51. The highest BCUT2D eigenvalue weighted by molar-refractivity contribution is 7.90. The van der Waals surface area contributed by atoms with Crippen molar-refractivity contribution in [2.75, 3.05) is 25.1 Å². The van der Waals surface area contributed by atoms with Crippen LogP contribution in [0.5, 0.6) is 0 Å². The quantitative estimate of drug-likeness (QED) is 0.763. The van der Waals surface area contributed by atoms with E-state index < -0.39 is 9.84 Å². The molecule has 1 aliphatic rings. The lowest BCUT2D eigenvalue weighted by Crippen LogP contribution is -2.58. The topological polar surface area (TPSA) is 63.4 Å². The van der Waals surface area contributed by atoms with Gasteiger partial charge in [0.1, 0.15) is 9.84 Å². The second kappa shape index (κ2) is 6.35. The van der Waals surface area contributed by atoms with E-state index in [2.05, 4.69) is 18.7 Å². The first-order valence-electron chi connectivity index (χ1n) is 7.04. The fourth-order valence-corrected chi connectivity index (χ4v) is 4.05. The molecule has 5 heteroatoms. The van der Waals surface area contributed by atoms with E-state index in [-0.39, 0.29) is 17.3 Å². The highest BCUT2D eigenvalue weighted by atomic mass is 32.2. The largest absolute Gasteiger partial charge is 0.326 e. The van der Waals surface area contributed by atoms with Gasteiger partial charge in [0.25, 0.3) is 0 Å². The molecule has 0 radical (unpaired) electrons. The molecule has 1 saturated carbocycles. The summed E-state index contributed by atoms with van der Waals surface area (Å²) in [5.74, 6) is 0.206. The lowest BCUT2D eigenvalue weighted by atomic mass is 9.85. The van der Waals surface area contributed by atoms with Crippen LogP contribution < -0.4 is 5.73 Å². The molecule has 0 saturated heterocycles. The molecule has 1 unspecified atom stereocenters. The summed E-state index contributed by atoms with van der Waals surface area (Å²) in [6, 6.07) is -0.0328. The minimum Gasteiger partial charge on any atom is -0.326 e. The first kappa shape index (κ1) is 15.9. The molecule has 0 aromatic rings. The Bertz CT molecular complexity index is 344. The van der Waals surface area contributed by atoms with Crippen molar-refractivity contribution in [3.8, 4) is 0 Å². The van der Waals surface area contributed by atoms with Crippen LogP contribution >= 0.6 is 0 Å². The van der Waals surface area contributed by atoms with Crippen LogP contribution in [0, 0.1) is 0 Å². The summed E-state index contributed by atoms with van der Waals surface area (Å²) >= 11 is 0. The van der Waals surface area contributed by atoms with Crippen molar-refractivity contribution in [3.05, 3.63) is 0 Å². The highest BCUT2D eigenvalue weighted by Crippen LogP contribution is 2.38. The number of nitrogens with two attached hydrogens (primary N) is 1. The normalized spacial score (nSPS) is 21.4. The summed E-state index contributed by atoms with van der Waals surface area (Å²) < 4.78 is 22.6. The predicted molar refractivity (Wildman–Crippen MR) is 76.4 cm³/mol. The van der Waals surface area contributed by atoms with Gasteiger partial charge >= 0.3 is 0 Å². The van der Waals surface area contributed by atoms with Gasteiger partial charge in [0.2, 0.25) is 0 Å². The summed E-state index contributed by atoms with van der Waals surface area (Å²) in [7, 11) is -2.91. The van der Waals surface area contributed by atoms with Crippen molar-refractivity contribution in [2.45, 2.75) is 57.5 Å². The van der Waals surface area contributed by atoms with Crippen LogP contribution in [0.4, 0.5) is 0 Å². The summed E-state index contributed by atoms with van der Waals surface area (Å²) in [6.45, 7) is 6.30. The van der Waals surface area contributed by atoms with E-state index in [1.807, 2.05) is 0 Å². The molecule has 0 spiro atoms. The van der Waals surface area contributed by atoms with Gasteiger partial charge in [0.15, 0.2) is 0 Å². The molecule has 0 aliphatic heterocycles. The predicted octanol–water partition coefficient (Wildman–Crippen LogP) is 1.40. The molecule has 0 amide bonds. The summed E-state index contributed by atoms with van der Waals surface area (Å²) in [5, 5.41) is 0. The molecule has 0 bridgehead atoms. The molecule has 1 fully saturated rings. The summed E-state index contributed by atoms with van der Waals surface area (Å²) in [5.41, 5.74) is 6.40. The maximum absolute atomic E-state index is 11.3. The highest BCUT2D eigenvalue weighted by Gasteiger charge is 2.43. The maximum atomic E-state index is 11.3. The SMILES string of the molecule is CCN(CC)C1(C(N)CCS(C)(=O)=O)CCCC1. The van der Waals surface area contributed by atoms with E-state index >= 15 is 0 Å². The first-order valence-corrected chi connectivity index (χ1v) is 9.10. The Balaban J connectivity index is 2.77. The van der Waals surface area contributed by atoms with Crippen LogP contribution in [0.25, 0.3) is 0 Å². The fraction of sp³-hybridized carbons (Fsp3) is 1.00.